The number of aromatic nitrogens is 2. The Balaban J connectivity index is 1.39. The summed E-state index contributed by atoms with van der Waals surface area (Å²) in [6, 6.07) is 7.20. The fourth-order valence-electron chi connectivity index (χ4n) is 2.67. The van der Waals surface area contributed by atoms with Crippen LogP contribution in [0.4, 0.5) is 0 Å². The first kappa shape index (κ1) is 16.2. The van der Waals surface area contributed by atoms with Crippen LogP contribution in [-0.4, -0.2) is 23.1 Å². The van der Waals surface area contributed by atoms with E-state index in [9.17, 15) is 4.79 Å². The van der Waals surface area contributed by atoms with Crippen molar-refractivity contribution in [3.63, 3.8) is 0 Å². The third-order valence-corrected chi connectivity index (χ3v) is 4.10. The maximum Gasteiger partial charge on any atom is 0.310 e. The van der Waals surface area contributed by atoms with Crippen LogP contribution in [0, 0.1) is 13.8 Å². The van der Waals surface area contributed by atoms with E-state index < -0.39 is 0 Å². The highest BCUT2D eigenvalue weighted by Crippen LogP contribution is 2.36. The summed E-state index contributed by atoms with van der Waals surface area (Å²) in [6.07, 6.45) is 0.105. The van der Waals surface area contributed by atoms with Crippen LogP contribution in [0.1, 0.15) is 22.7 Å². The van der Waals surface area contributed by atoms with E-state index in [-0.39, 0.29) is 25.8 Å². The molecule has 0 spiro atoms. The molecule has 8 heteroatoms. The topological polar surface area (TPSA) is 96.8 Å². The molecule has 1 aliphatic heterocycles. The molecular formula is C18H16N2O6. The molecule has 1 aromatic carbocycles. The first-order valence-corrected chi connectivity index (χ1v) is 8.03. The number of benzene rings is 1. The highest BCUT2D eigenvalue weighted by Gasteiger charge is 2.17. The lowest BCUT2D eigenvalue weighted by atomic mass is 10.1. The van der Waals surface area contributed by atoms with Crippen molar-refractivity contribution in [3.8, 4) is 22.8 Å². The molecule has 1 aliphatic rings. The molecule has 8 nitrogen and oxygen atoms in total. The van der Waals surface area contributed by atoms with Gasteiger partial charge in [-0.15, -0.1) is 0 Å². The molecule has 0 radical (unpaired) electrons. The van der Waals surface area contributed by atoms with Crippen molar-refractivity contribution in [2.75, 3.05) is 6.79 Å². The molecule has 0 amide bonds. The molecule has 26 heavy (non-hydrogen) atoms. The Morgan fingerprint density at radius 1 is 1.12 bits per heavy atom. The second-order valence-corrected chi connectivity index (χ2v) is 5.89. The number of carbonyl (C=O) groups excluding carboxylic acids is 1. The quantitative estimate of drug-likeness (QED) is 0.644. The molecule has 0 aliphatic carbocycles. The predicted octanol–water partition coefficient (Wildman–Crippen LogP) is 2.96. The molecule has 4 rings (SSSR count). The summed E-state index contributed by atoms with van der Waals surface area (Å²) in [5.74, 6) is 2.14. The third kappa shape index (κ3) is 3.13. The number of aryl methyl sites for hydroxylation is 2. The van der Waals surface area contributed by atoms with Gasteiger partial charge in [0.2, 0.25) is 6.79 Å². The first-order valence-electron chi connectivity index (χ1n) is 8.03. The fourth-order valence-corrected chi connectivity index (χ4v) is 2.67. The maximum atomic E-state index is 12.0. The van der Waals surface area contributed by atoms with Crippen molar-refractivity contribution in [1.29, 1.82) is 0 Å². The lowest BCUT2D eigenvalue weighted by Crippen LogP contribution is -2.09. The van der Waals surface area contributed by atoms with Gasteiger partial charge in [0.25, 0.3) is 0 Å². The van der Waals surface area contributed by atoms with Crippen LogP contribution in [0.25, 0.3) is 11.3 Å². The Bertz CT molecular complexity index is 939. The second-order valence-electron chi connectivity index (χ2n) is 5.89. The van der Waals surface area contributed by atoms with Gasteiger partial charge in [0.1, 0.15) is 18.1 Å². The smallest absolute Gasteiger partial charge is 0.310 e. The Morgan fingerprint density at radius 2 is 1.96 bits per heavy atom. The average molecular weight is 356 g/mol. The number of rotatable bonds is 5. The normalized spacial score (nSPS) is 12.4. The summed E-state index contributed by atoms with van der Waals surface area (Å²) in [4.78, 5) is 12.0. The lowest BCUT2D eigenvalue weighted by Gasteiger charge is -2.02. The van der Waals surface area contributed by atoms with Gasteiger partial charge in [0, 0.05) is 17.2 Å². The summed E-state index contributed by atoms with van der Waals surface area (Å²) >= 11 is 0. The average Bonchev–Trinajstić information content (AvgIpc) is 3.35. The lowest BCUT2D eigenvalue weighted by molar-refractivity contribution is -0.144. The van der Waals surface area contributed by atoms with Crippen LogP contribution in [0.15, 0.2) is 33.3 Å². The fraction of sp³-hybridized carbons (Fsp3) is 0.278. The molecule has 0 saturated heterocycles. The number of hydrogen-bond donors (Lipinski definition) is 0. The molecule has 0 saturated carbocycles. The molecule has 3 heterocycles. The summed E-state index contributed by atoms with van der Waals surface area (Å²) in [5, 5.41) is 7.75. The number of fused-ring (bicyclic) bond motifs is 1. The Kier molecular flexibility index (Phi) is 4.08. The standard InChI is InChI=1S/C18H16N2O6/c1-10-14(11(2)25-19-10)7-18(21)22-8-13-6-16(26-20-13)12-3-4-15-17(5-12)24-9-23-15/h3-6H,7-9H2,1-2H3. The predicted molar refractivity (Wildman–Crippen MR) is 87.5 cm³/mol. The van der Waals surface area contributed by atoms with Gasteiger partial charge < -0.3 is 23.3 Å². The van der Waals surface area contributed by atoms with Gasteiger partial charge in [-0.25, -0.2) is 0 Å². The number of hydrogen-bond acceptors (Lipinski definition) is 8. The van der Waals surface area contributed by atoms with Crippen LogP contribution < -0.4 is 9.47 Å². The minimum atomic E-state index is -0.382. The SMILES string of the molecule is Cc1noc(C)c1CC(=O)OCc1cc(-c2ccc3c(c2)OCO3)on1. The van der Waals surface area contributed by atoms with Gasteiger partial charge in [-0.3, -0.25) is 4.79 Å². The molecule has 0 unspecified atom stereocenters. The van der Waals surface area contributed by atoms with Gasteiger partial charge in [0.05, 0.1) is 12.1 Å². The molecule has 3 aromatic rings. The molecular weight excluding hydrogens is 340 g/mol. The van der Waals surface area contributed by atoms with E-state index in [0.717, 1.165) is 11.1 Å². The Morgan fingerprint density at radius 3 is 2.77 bits per heavy atom. The van der Waals surface area contributed by atoms with Crippen molar-refractivity contribution in [2.45, 2.75) is 26.9 Å². The number of carbonyl (C=O) groups is 1. The van der Waals surface area contributed by atoms with Crippen LogP contribution in [-0.2, 0) is 22.6 Å². The van der Waals surface area contributed by atoms with Gasteiger partial charge >= 0.3 is 5.97 Å². The highest BCUT2D eigenvalue weighted by atomic mass is 16.7. The zero-order chi connectivity index (χ0) is 18.1. The second kappa shape index (κ2) is 6.55. The van der Waals surface area contributed by atoms with Gasteiger partial charge in [-0.05, 0) is 32.0 Å². The zero-order valence-electron chi connectivity index (χ0n) is 14.3. The van der Waals surface area contributed by atoms with Crippen molar-refractivity contribution in [1.82, 2.24) is 10.3 Å². The van der Waals surface area contributed by atoms with E-state index in [1.807, 2.05) is 18.2 Å². The summed E-state index contributed by atoms with van der Waals surface area (Å²) < 4.78 is 26.3. The molecule has 0 N–H and O–H groups in total. The molecule has 2 aromatic heterocycles. The van der Waals surface area contributed by atoms with Gasteiger partial charge in [-0.1, -0.05) is 10.3 Å². The first-order chi connectivity index (χ1) is 12.6. The van der Waals surface area contributed by atoms with E-state index in [4.69, 9.17) is 23.3 Å². The van der Waals surface area contributed by atoms with E-state index >= 15 is 0 Å². The van der Waals surface area contributed by atoms with Crippen LogP contribution in [0.5, 0.6) is 11.5 Å². The van der Waals surface area contributed by atoms with Crippen molar-refractivity contribution in [3.05, 3.63) is 47.0 Å². The Hall–Kier alpha value is -3.29. The third-order valence-electron chi connectivity index (χ3n) is 4.10. The largest absolute Gasteiger partial charge is 0.459 e. The summed E-state index contributed by atoms with van der Waals surface area (Å²) in [7, 11) is 0. The van der Waals surface area contributed by atoms with Crippen molar-refractivity contribution < 1.29 is 28.1 Å². The van der Waals surface area contributed by atoms with Crippen molar-refractivity contribution >= 4 is 5.97 Å². The minimum Gasteiger partial charge on any atom is -0.459 e. The minimum absolute atomic E-state index is 0.0241. The van der Waals surface area contributed by atoms with Crippen LogP contribution in [0.3, 0.4) is 0 Å². The molecule has 0 atom stereocenters. The summed E-state index contributed by atoms with van der Waals surface area (Å²) in [5.41, 5.74) is 2.75. The maximum absolute atomic E-state index is 12.0. The number of nitrogens with zero attached hydrogens (tertiary/aromatic N) is 2. The highest BCUT2D eigenvalue weighted by molar-refractivity contribution is 5.73. The van der Waals surface area contributed by atoms with E-state index in [0.29, 0.717) is 34.4 Å². The monoisotopic (exact) mass is 356 g/mol. The van der Waals surface area contributed by atoms with E-state index in [1.165, 1.54) is 0 Å². The van der Waals surface area contributed by atoms with E-state index in [1.54, 1.807) is 19.9 Å². The summed E-state index contributed by atoms with van der Waals surface area (Å²) in [6.45, 7) is 3.78. The number of esters is 1. The Labute approximate surface area is 148 Å². The molecule has 0 fully saturated rings. The van der Waals surface area contributed by atoms with E-state index in [2.05, 4.69) is 10.3 Å². The van der Waals surface area contributed by atoms with Gasteiger partial charge in [-0.2, -0.15) is 0 Å². The molecule has 134 valence electrons. The van der Waals surface area contributed by atoms with Crippen LogP contribution in [0.2, 0.25) is 0 Å². The van der Waals surface area contributed by atoms with Crippen molar-refractivity contribution in [2.24, 2.45) is 0 Å². The molecule has 0 bridgehead atoms. The number of ether oxygens (including phenoxy) is 3. The van der Waals surface area contributed by atoms with Crippen LogP contribution >= 0.6 is 0 Å². The zero-order valence-corrected chi connectivity index (χ0v) is 14.3. The van der Waals surface area contributed by atoms with Gasteiger partial charge in [0.15, 0.2) is 17.3 Å².